The molecule has 4 heterocycles. The molecule has 3 saturated heterocycles. The van der Waals surface area contributed by atoms with Gasteiger partial charge in [-0.2, -0.15) is 0 Å². The summed E-state index contributed by atoms with van der Waals surface area (Å²) in [5, 5.41) is 2.34. The molecule has 2 atom stereocenters. The van der Waals surface area contributed by atoms with Gasteiger partial charge in [0, 0.05) is 68.9 Å². The lowest BCUT2D eigenvalue weighted by atomic mass is 9.93. The zero-order valence-corrected chi connectivity index (χ0v) is 23.8. The second-order valence-corrected chi connectivity index (χ2v) is 12.3. The molecule has 5 rings (SSSR count). The van der Waals surface area contributed by atoms with Crippen molar-refractivity contribution in [1.29, 1.82) is 0 Å². The molecule has 3 fully saturated rings. The van der Waals surface area contributed by atoms with Crippen LogP contribution in [0.25, 0.3) is 0 Å². The summed E-state index contributed by atoms with van der Waals surface area (Å²) in [6.45, 7) is 10.7. The van der Waals surface area contributed by atoms with Crippen LogP contribution in [0.4, 0.5) is 10.5 Å². The number of carbonyl (C=O) groups is 5. The average molecular weight is 554 g/mol. The van der Waals surface area contributed by atoms with Crippen molar-refractivity contribution in [1.82, 2.24) is 20.0 Å². The van der Waals surface area contributed by atoms with E-state index in [1.807, 2.05) is 50.8 Å². The maximum atomic E-state index is 13.4. The van der Waals surface area contributed by atoms with E-state index in [0.717, 1.165) is 37.2 Å². The summed E-state index contributed by atoms with van der Waals surface area (Å²) in [5.41, 5.74) is 1.92. The minimum Gasteiger partial charge on any atom is -0.444 e. The Morgan fingerprint density at radius 2 is 1.73 bits per heavy atom. The standard InChI is InChI=1S/C29H39N5O6/c1-18-16-32(28(39)40-29(2,3)4)13-14-33(18)26(37)19-9-11-31(12-10-19)21-5-6-22-20(15-21)17-34(27(22)38)23-7-8-24(35)30-25(23)36/h5-6,15,18-19,23H,7-14,16-17H2,1-4H3,(H,30,35,36)/t18-,23?/m1/s1. The number of rotatable bonds is 3. The predicted molar refractivity (Wildman–Crippen MR) is 146 cm³/mol. The Bertz CT molecular complexity index is 1220. The Kier molecular flexibility index (Phi) is 7.50. The summed E-state index contributed by atoms with van der Waals surface area (Å²) in [6.07, 6.45) is 1.70. The number of hydrogen-bond acceptors (Lipinski definition) is 7. The summed E-state index contributed by atoms with van der Waals surface area (Å²) >= 11 is 0. The van der Waals surface area contributed by atoms with Crippen molar-refractivity contribution in [2.75, 3.05) is 37.6 Å². The largest absolute Gasteiger partial charge is 0.444 e. The van der Waals surface area contributed by atoms with Crippen LogP contribution in [0.1, 0.15) is 69.3 Å². The van der Waals surface area contributed by atoms with Crippen molar-refractivity contribution in [3.05, 3.63) is 29.3 Å². The molecule has 11 heteroatoms. The number of ether oxygens (including phenoxy) is 1. The third-order valence-electron chi connectivity index (χ3n) is 8.28. The van der Waals surface area contributed by atoms with E-state index < -0.39 is 17.6 Å². The minimum atomic E-state index is -0.629. The molecule has 1 aromatic carbocycles. The summed E-state index contributed by atoms with van der Waals surface area (Å²) < 4.78 is 5.50. The van der Waals surface area contributed by atoms with Gasteiger partial charge in [0.15, 0.2) is 0 Å². The molecule has 0 aliphatic carbocycles. The van der Waals surface area contributed by atoms with Crippen LogP contribution in [0.5, 0.6) is 0 Å². The van der Waals surface area contributed by atoms with Crippen LogP contribution in [-0.2, 0) is 25.7 Å². The van der Waals surface area contributed by atoms with Gasteiger partial charge >= 0.3 is 6.09 Å². The van der Waals surface area contributed by atoms with E-state index in [9.17, 15) is 24.0 Å². The summed E-state index contributed by atoms with van der Waals surface area (Å²) in [7, 11) is 0. The van der Waals surface area contributed by atoms with Gasteiger partial charge in [0.2, 0.25) is 17.7 Å². The van der Waals surface area contributed by atoms with Gasteiger partial charge in [-0.15, -0.1) is 0 Å². The summed E-state index contributed by atoms with van der Waals surface area (Å²) in [5.74, 6) is -0.806. The van der Waals surface area contributed by atoms with Gasteiger partial charge < -0.3 is 24.3 Å². The number of amides is 5. The SMILES string of the molecule is C[C@@H]1CN(C(=O)OC(C)(C)C)CCN1C(=O)C1CCN(c2ccc3c(c2)CN(C2CCC(=O)NC2=O)C3=O)CC1. The summed E-state index contributed by atoms with van der Waals surface area (Å²) in [4.78, 5) is 70.1. The molecule has 1 N–H and O–H groups in total. The Morgan fingerprint density at radius 1 is 1.00 bits per heavy atom. The highest BCUT2D eigenvalue weighted by atomic mass is 16.6. The lowest BCUT2D eigenvalue weighted by molar-refractivity contribution is -0.141. The molecule has 4 aliphatic heterocycles. The number of carbonyl (C=O) groups excluding carboxylic acids is 5. The Morgan fingerprint density at radius 3 is 2.38 bits per heavy atom. The number of hydrogen-bond donors (Lipinski definition) is 1. The number of piperazine rings is 1. The minimum absolute atomic E-state index is 0.0641. The topological polar surface area (TPSA) is 120 Å². The number of imide groups is 1. The van der Waals surface area contributed by atoms with E-state index in [-0.39, 0.29) is 42.2 Å². The van der Waals surface area contributed by atoms with Crippen molar-refractivity contribution in [3.63, 3.8) is 0 Å². The van der Waals surface area contributed by atoms with Gasteiger partial charge in [-0.3, -0.25) is 24.5 Å². The first kappa shape index (κ1) is 27.9. The van der Waals surface area contributed by atoms with Gasteiger partial charge in [-0.05, 0) is 70.7 Å². The number of anilines is 1. The zero-order chi connectivity index (χ0) is 28.8. The first-order chi connectivity index (χ1) is 18.9. The number of nitrogens with zero attached hydrogens (tertiary/aromatic N) is 4. The van der Waals surface area contributed by atoms with Crippen LogP contribution in [-0.4, -0.2) is 94.8 Å². The fourth-order valence-electron chi connectivity index (χ4n) is 6.15. The molecule has 1 unspecified atom stereocenters. The van der Waals surface area contributed by atoms with E-state index >= 15 is 0 Å². The predicted octanol–water partition coefficient (Wildman–Crippen LogP) is 2.13. The Labute approximate surface area is 234 Å². The molecule has 1 aromatic rings. The molecule has 0 radical (unpaired) electrons. The van der Waals surface area contributed by atoms with Crippen molar-refractivity contribution < 1.29 is 28.7 Å². The van der Waals surface area contributed by atoms with E-state index in [1.54, 1.807) is 9.80 Å². The van der Waals surface area contributed by atoms with Gasteiger partial charge in [0.25, 0.3) is 5.91 Å². The number of piperidine rings is 2. The fraction of sp³-hybridized carbons (Fsp3) is 0.621. The first-order valence-corrected chi connectivity index (χ1v) is 14.2. The molecule has 40 heavy (non-hydrogen) atoms. The van der Waals surface area contributed by atoms with E-state index in [2.05, 4.69) is 10.2 Å². The normalized spacial score (nSPS) is 24.2. The highest BCUT2D eigenvalue weighted by Gasteiger charge is 2.40. The van der Waals surface area contributed by atoms with Crippen molar-refractivity contribution in [3.8, 4) is 0 Å². The molecule has 0 saturated carbocycles. The molecule has 0 spiro atoms. The zero-order valence-electron chi connectivity index (χ0n) is 23.8. The van der Waals surface area contributed by atoms with Crippen molar-refractivity contribution in [2.45, 2.75) is 77.6 Å². The van der Waals surface area contributed by atoms with Crippen LogP contribution in [0, 0.1) is 5.92 Å². The summed E-state index contributed by atoms with van der Waals surface area (Å²) in [6, 6.07) is 5.07. The molecule has 5 amide bonds. The molecule has 216 valence electrons. The Balaban J connectivity index is 1.15. The number of benzene rings is 1. The van der Waals surface area contributed by atoms with E-state index in [4.69, 9.17) is 4.74 Å². The monoisotopic (exact) mass is 553 g/mol. The fourth-order valence-corrected chi connectivity index (χ4v) is 6.15. The maximum absolute atomic E-state index is 13.4. The van der Waals surface area contributed by atoms with Crippen molar-refractivity contribution in [2.24, 2.45) is 5.92 Å². The molecule has 0 aromatic heterocycles. The third-order valence-corrected chi connectivity index (χ3v) is 8.28. The van der Waals surface area contributed by atoms with Gasteiger partial charge in [0.05, 0.1) is 0 Å². The molecule has 0 bridgehead atoms. The molecular formula is C29H39N5O6. The average Bonchev–Trinajstić information content (AvgIpc) is 3.22. The lowest BCUT2D eigenvalue weighted by Gasteiger charge is -2.42. The quantitative estimate of drug-likeness (QED) is 0.570. The van der Waals surface area contributed by atoms with Gasteiger partial charge in [-0.1, -0.05) is 0 Å². The van der Waals surface area contributed by atoms with Crippen molar-refractivity contribution >= 4 is 35.4 Å². The smallest absolute Gasteiger partial charge is 0.410 e. The van der Waals surface area contributed by atoms with E-state index in [0.29, 0.717) is 38.2 Å². The number of nitrogens with one attached hydrogen (secondary N) is 1. The number of fused-ring (bicyclic) bond motifs is 1. The van der Waals surface area contributed by atoms with Crippen LogP contribution in [0.15, 0.2) is 18.2 Å². The second-order valence-electron chi connectivity index (χ2n) is 12.3. The highest BCUT2D eigenvalue weighted by molar-refractivity contribution is 6.05. The molecule has 4 aliphatic rings. The van der Waals surface area contributed by atoms with E-state index in [1.165, 1.54) is 0 Å². The van der Waals surface area contributed by atoms with Crippen LogP contribution in [0.3, 0.4) is 0 Å². The van der Waals surface area contributed by atoms with Gasteiger partial charge in [0.1, 0.15) is 11.6 Å². The third kappa shape index (κ3) is 5.64. The van der Waals surface area contributed by atoms with Crippen LogP contribution < -0.4 is 10.2 Å². The highest BCUT2D eigenvalue weighted by Crippen LogP contribution is 2.32. The lowest BCUT2D eigenvalue weighted by Crippen LogP contribution is -2.57. The van der Waals surface area contributed by atoms with Crippen LogP contribution >= 0.6 is 0 Å². The molecular weight excluding hydrogens is 514 g/mol. The maximum Gasteiger partial charge on any atom is 0.410 e. The Hall–Kier alpha value is -3.63. The second kappa shape index (κ2) is 10.7. The first-order valence-electron chi connectivity index (χ1n) is 14.2. The molecule has 11 nitrogen and oxygen atoms in total. The van der Waals surface area contributed by atoms with Crippen LogP contribution in [0.2, 0.25) is 0 Å². The van der Waals surface area contributed by atoms with Gasteiger partial charge in [-0.25, -0.2) is 4.79 Å².